The highest BCUT2D eigenvalue weighted by Gasteiger charge is 2.67. The van der Waals surface area contributed by atoms with Gasteiger partial charge in [-0.2, -0.15) is 0 Å². The maximum absolute atomic E-state index is 13.0. The molecular formula is C20H23NO4. The van der Waals surface area contributed by atoms with E-state index >= 15 is 0 Å². The second-order valence-corrected chi connectivity index (χ2v) is 7.60. The topological polar surface area (TPSA) is 55.8 Å². The first-order valence-corrected chi connectivity index (χ1v) is 8.87. The Balaban J connectivity index is 1.54. The molecule has 4 atom stereocenters. The second kappa shape index (κ2) is 5.99. The van der Waals surface area contributed by atoms with Gasteiger partial charge in [-0.15, -0.1) is 0 Å². The summed E-state index contributed by atoms with van der Waals surface area (Å²) < 4.78 is 11.5. The number of benzene rings is 1. The van der Waals surface area contributed by atoms with Crippen molar-refractivity contribution in [2.45, 2.75) is 32.1 Å². The van der Waals surface area contributed by atoms with Crippen molar-refractivity contribution >= 4 is 11.9 Å². The lowest BCUT2D eigenvalue weighted by Gasteiger charge is -2.23. The van der Waals surface area contributed by atoms with Crippen LogP contribution in [0.3, 0.4) is 0 Å². The van der Waals surface area contributed by atoms with Gasteiger partial charge >= 0.3 is 5.97 Å². The highest BCUT2D eigenvalue weighted by molar-refractivity contribution is 5.91. The van der Waals surface area contributed by atoms with E-state index in [9.17, 15) is 9.59 Å². The summed E-state index contributed by atoms with van der Waals surface area (Å²) in [5.74, 6) is -1.06. The zero-order chi connectivity index (χ0) is 17.6. The van der Waals surface area contributed by atoms with Crippen molar-refractivity contribution in [2.24, 2.45) is 17.8 Å². The van der Waals surface area contributed by atoms with Gasteiger partial charge in [-0.3, -0.25) is 9.59 Å². The molecule has 1 aromatic carbocycles. The van der Waals surface area contributed by atoms with E-state index < -0.39 is 17.4 Å². The number of amides is 1. The number of rotatable bonds is 5. The predicted octanol–water partition coefficient (Wildman–Crippen LogP) is 2.17. The molecule has 132 valence electrons. The molecule has 1 aromatic rings. The number of carbonyl (C=O) groups is 2. The highest BCUT2D eigenvalue weighted by Crippen LogP contribution is 2.52. The van der Waals surface area contributed by atoms with Crippen LogP contribution in [0.2, 0.25) is 0 Å². The van der Waals surface area contributed by atoms with E-state index in [1.54, 1.807) is 4.90 Å². The average molecular weight is 341 g/mol. The fraction of sp³-hybridized carbons (Fsp3) is 0.500. The first-order chi connectivity index (χ1) is 12.0. The lowest BCUT2D eigenvalue weighted by molar-refractivity contribution is -0.154. The number of hydrogen-bond donors (Lipinski definition) is 0. The third kappa shape index (κ3) is 2.67. The van der Waals surface area contributed by atoms with Crippen LogP contribution in [0.5, 0.6) is 0 Å². The summed E-state index contributed by atoms with van der Waals surface area (Å²) in [7, 11) is 0. The fourth-order valence-corrected chi connectivity index (χ4v) is 4.13. The van der Waals surface area contributed by atoms with Crippen LogP contribution in [0.15, 0.2) is 42.5 Å². The van der Waals surface area contributed by atoms with Gasteiger partial charge in [0.15, 0.2) is 0 Å². The summed E-state index contributed by atoms with van der Waals surface area (Å²) in [5.41, 5.74) is 0.405. The fourth-order valence-electron chi connectivity index (χ4n) is 4.13. The van der Waals surface area contributed by atoms with Gasteiger partial charge in [-0.05, 0) is 11.5 Å². The summed E-state index contributed by atoms with van der Waals surface area (Å²) >= 11 is 0. The minimum Gasteiger partial charge on any atom is -0.465 e. The van der Waals surface area contributed by atoms with Gasteiger partial charge in [0.2, 0.25) is 5.91 Å². The predicted molar refractivity (Wildman–Crippen MR) is 91.4 cm³/mol. The summed E-state index contributed by atoms with van der Waals surface area (Å²) in [4.78, 5) is 27.4. The molecule has 2 bridgehead atoms. The van der Waals surface area contributed by atoms with Crippen molar-refractivity contribution in [1.29, 1.82) is 0 Å². The van der Waals surface area contributed by atoms with Crippen molar-refractivity contribution in [3.05, 3.63) is 48.0 Å². The molecule has 3 aliphatic heterocycles. The number of likely N-dealkylation sites (tertiary alicyclic amines) is 1. The smallest absolute Gasteiger partial charge is 0.312 e. The van der Waals surface area contributed by atoms with Crippen LogP contribution in [0.1, 0.15) is 19.4 Å². The van der Waals surface area contributed by atoms with Crippen molar-refractivity contribution in [2.75, 3.05) is 13.2 Å². The maximum Gasteiger partial charge on any atom is 0.312 e. The van der Waals surface area contributed by atoms with Crippen LogP contribution in [-0.2, 0) is 25.6 Å². The molecule has 0 N–H and O–H groups in total. The van der Waals surface area contributed by atoms with Gasteiger partial charge < -0.3 is 14.4 Å². The lowest BCUT2D eigenvalue weighted by atomic mass is 9.77. The Bertz CT molecular complexity index is 714. The zero-order valence-corrected chi connectivity index (χ0v) is 14.6. The van der Waals surface area contributed by atoms with Crippen molar-refractivity contribution in [3.63, 3.8) is 0 Å². The first kappa shape index (κ1) is 16.3. The van der Waals surface area contributed by atoms with E-state index in [4.69, 9.17) is 9.47 Å². The average Bonchev–Trinajstić information content (AvgIpc) is 3.22. The third-order valence-corrected chi connectivity index (χ3v) is 5.23. The number of fused-ring (bicyclic) bond motifs is 1. The van der Waals surface area contributed by atoms with Gasteiger partial charge in [0.1, 0.15) is 11.5 Å². The van der Waals surface area contributed by atoms with Gasteiger partial charge in [-0.25, -0.2) is 0 Å². The Labute approximate surface area is 147 Å². The monoisotopic (exact) mass is 341 g/mol. The largest absolute Gasteiger partial charge is 0.465 e. The van der Waals surface area contributed by atoms with Gasteiger partial charge in [0.25, 0.3) is 0 Å². The molecule has 0 aromatic heterocycles. The summed E-state index contributed by atoms with van der Waals surface area (Å²) in [6, 6.07) is 9.88. The van der Waals surface area contributed by atoms with Gasteiger partial charge in [0.05, 0.1) is 25.2 Å². The van der Waals surface area contributed by atoms with Crippen molar-refractivity contribution < 1.29 is 19.1 Å². The number of nitrogens with zero attached hydrogens (tertiary/aromatic N) is 1. The molecule has 1 spiro atoms. The second-order valence-electron chi connectivity index (χ2n) is 7.60. The van der Waals surface area contributed by atoms with E-state index in [0.717, 1.165) is 5.56 Å². The highest BCUT2D eigenvalue weighted by atomic mass is 16.6. The van der Waals surface area contributed by atoms with Crippen LogP contribution in [-0.4, -0.2) is 41.6 Å². The van der Waals surface area contributed by atoms with Gasteiger partial charge in [0, 0.05) is 6.54 Å². The van der Waals surface area contributed by atoms with Crippen LogP contribution >= 0.6 is 0 Å². The molecule has 0 aliphatic carbocycles. The van der Waals surface area contributed by atoms with Crippen molar-refractivity contribution in [1.82, 2.24) is 4.90 Å². The minimum absolute atomic E-state index is 0.0119. The molecule has 2 fully saturated rings. The van der Waals surface area contributed by atoms with Crippen LogP contribution in [0.25, 0.3) is 0 Å². The number of esters is 1. The van der Waals surface area contributed by atoms with Crippen molar-refractivity contribution in [3.8, 4) is 0 Å². The Morgan fingerprint density at radius 3 is 2.84 bits per heavy atom. The number of hydrogen-bond acceptors (Lipinski definition) is 4. The first-order valence-electron chi connectivity index (χ1n) is 8.87. The molecule has 3 aliphatic rings. The normalized spacial score (nSPS) is 32.5. The Kier molecular flexibility index (Phi) is 3.91. The summed E-state index contributed by atoms with van der Waals surface area (Å²) in [6.07, 6.45) is 3.54. The van der Waals surface area contributed by atoms with Crippen LogP contribution in [0.4, 0.5) is 0 Å². The molecular weight excluding hydrogens is 318 g/mol. The Morgan fingerprint density at radius 1 is 1.36 bits per heavy atom. The van der Waals surface area contributed by atoms with E-state index in [2.05, 4.69) is 0 Å². The molecule has 0 unspecified atom stereocenters. The molecule has 0 radical (unpaired) electrons. The maximum atomic E-state index is 13.0. The van der Waals surface area contributed by atoms with E-state index in [-0.39, 0.29) is 23.9 Å². The summed E-state index contributed by atoms with van der Waals surface area (Å²) in [5, 5.41) is 0. The van der Waals surface area contributed by atoms with Crippen LogP contribution in [0, 0.1) is 17.8 Å². The molecule has 1 amide bonds. The molecule has 2 saturated heterocycles. The van der Waals surface area contributed by atoms with E-state index in [1.165, 1.54) is 0 Å². The Morgan fingerprint density at radius 2 is 2.12 bits per heavy atom. The number of carbonyl (C=O) groups excluding carboxylic acids is 2. The molecule has 5 heteroatoms. The Hall–Kier alpha value is -2.14. The van der Waals surface area contributed by atoms with Crippen LogP contribution < -0.4 is 0 Å². The van der Waals surface area contributed by atoms with E-state index in [0.29, 0.717) is 19.7 Å². The quantitative estimate of drug-likeness (QED) is 0.608. The SMILES string of the molecule is CC(C)COC(=O)[C@@H]1[C@H]2C(=O)N(Cc3ccccc3)C[C@@]23C=C[C@H]1O3. The summed E-state index contributed by atoms with van der Waals surface area (Å²) in [6.45, 7) is 5.38. The standard InChI is InChI=1S/C20H23NO4/c1-13(2)11-24-19(23)16-15-8-9-20(25-15)12-21(18(22)17(16)20)10-14-6-4-3-5-7-14/h3-9,13,15-17H,10-12H2,1-2H3/t15-,16+,17+,20+/m1/s1. The third-order valence-electron chi connectivity index (χ3n) is 5.23. The molecule has 4 rings (SSSR count). The van der Waals surface area contributed by atoms with E-state index in [1.807, 2.05) is 56.3 Å². The lowest BCUT2D eigenvalue weighted by Crippen LogP contribution is -2.40. The minimum atomic E-state index is -0.669. The molecule has 3 heterocycles. The molecule has 5 nitrogen and oxygen atoms in total. The van der Waals surface area contributed by atoms with Gasteiger partial charge in [-0.1, -0.05) is 56.3 Å². The number of ether oxygens (including phenoxy) is 2. The molecule has 25 heavy (non-hydrogen) atoms. The molecule has 0 saturated carbocycles. The zero-order valence-electron chi connectivity index (χ0n) is 14.6.